The van der Waals surface area contributed by atoms with Crippen molar-refractivity contribution in [3.8, 4) is 0 Å². The van der Waals surface area contributed by atoms with Crippen LogP contribution in [0, 0.1) is 11.8 Å². The van der Waals surface area contributed by atoms with Gasteiger partial charge in [-0.15, -0.1) is 0 Å². The summed E-state index contributed by atoms with van der Waals surface area (Å²) >= 11 is 0. The van der Waals surface area contributed by atoms with Crippen LogP contribution in [0.4, 0.5) is 0 Å². The highest BCUT2D eigenvalue weighted by Gasteiger charge is 2.42. The first-order chi connectivity index (χ1) is 8.24. The van der Waals surface area contributed by atoms with Crippen LogP contribution < -0.4 is 5.32 Å². The summed E-state index contributed by atoms with van der Waals surface area (Å²) in [7, 11) is 0. The minimum atomic E-state index is -0.211. The van der Waals surface area contributed by atoms with Crippen LogP contribution >= 0.6 is 0 Å². The second-order valence-corrected chi connectivity index (χ2v) is 5.75. The molecule has 3 rings (SSSR count). The number of piperazine rings is 1. The van der Waals surface area contributed by atoms with Crippen molar-refractivity contribution in [3.05, 3.63) is 0 Å². The van der Waals surface area contributed by atoms with E-state index in [0.717, 1.165) is 19.4 Å². The number of rotatable bonds is 3. The Morgan fingerprint density at radius 3 is 2.47 bits per heavy atom. The van der Waals surface area contributed by atoms with E-state index >= 15 is 0 Å². The lowest BCUT2D eigenvalue weighted by atomic mass is 10.0. The van der Waals surface area contributed by atoms with Crippen LogP contribution in [0.3, 0.4) is 0 Å². The average Bonchev–Trinajstić information content (AvgIpc) is 3.02. The van der Waals surface area contributed by atoms with Crippen molar-refractivity contribution < 1.29 is 9.59 Å². The number of hydrogen-bond acceptors (Lipinski definition) is 2. The molecule has 17 heavy (non-hydrogen) atoms. The van der Waals surface area contributed by atoms with Gasteiger partial charge in [-0.1, -0.05) is 12.8 Å². The van der Waals surface area contributed by atoms with Crippen molar-refractivity contribution in [3.63, 3.8) is 0 Å². The third-order valence-electron chi connectivity index (χ3n) is 4.28. The molecule has 0 spiro atoms. The summed E-state index contributed by atoms with van der Waals surface area (Å²) in [4.78, 5) is 25.7. The topological polar surface area (TPSA) is 49.4 Å². The summed E-state index contributed by atoms with van der Waals surface area (Å²) in [6.45, 7) is 1.08. The lowest BCUT2D eigenvalue weighted by molar-refractivity contribution is -0.145. The zero-order valence-corrected chi connectivity index (χ0v) is 10.2. The Kier molecular flexibility index (Phi) is 2.81. The Morgan fingerprint density at radius 2 is 1.82 bits per heavy atom. The second kappa shape index (κ2) is 4.31. The molecule has 1 N–H and O–H groups in total. The zero-order chi connectivity index (χ0) is 11.8. The van der Waals surface area contributed by atoms with E-state index in [1.807, 2.05) is 0 Å². The van der Waals surface area contributed by atoms with Crippen LogP contribution in [0.25, 0.3) is 0 Å². The highest BCUT2D eigenvalue weighted by atomic mass is 16.2. The fraction of sp³-hybridized carbons (Fsp3) is 0.846. The zero-order valence-electron chi connectivity index (χ0n) is 10.2. The fourth-order valence-electron chi connectivity index (χ4n) is 3.14. The Labute approximate surface area is 102 Å². The largest absolute Gasteiger partial charge is 0.342 e. The molecule has 1 aliphatic heterocycles. The van der Waals surface area contributed by atoms with E-state index in [9.17, 15) is 9.59 Å². The number of carbonyl (C=O) groups is 2. The summed E-state index contributed by atoms with van der Waals surface area (Å²) in [6.07, 6.45) is 7.19. The third kappa shape index (κ3) is 2.31. The molecule has 1 atom stereocenters. The predicted molar refractivity (Wildman–Crippen MR) is 63.2 cm³/mol. The molecule has 1 unspecified atom stereocenters. The van der Waals surface area contributed by atoms with Crippen LogP contribution in [0.1, 0.15) is 38.5 Å². The van der Waals surface area contributed by atoms with Gasteiger partial charge in [-0.3, -0.25) is 9.59 Å². The van der Waals surface area contributed by atoms with E-state index in [4.69, 9.17) is 0 Å². The summed E-state index contributed by atoms with van der Waals surface area (Å²) in [5.74, 6) is 1.24. The van der Waals surface area contributed by atoms with Crippen molar-refractivity contribution in [2.45, 2.75) is 44.6 Å². The normalized spacial score (nSPS) is 30.8. The Hall–Kier alpha value is -1.06. The molecule has 2 amide bonds. The highest BCUT2D eigenvalue weighted by molar-refractivity contribution is 5.95. The van der Waals surface area contributed by atoms with Crippen LogP contribution in [-0.4, -0.2) is 35.8 Å². The molecule has 3 aliphatic rings. The van der Waals surface area contributed by atoms with E-state index < -0.39 is 0 Å². The van der Waals surface area contributed by atoms with Gasteiger partial charge in [0.15, 0.2) is 0 Å². The molecule has 94 valence electrons. The molecule has 0 radical (unpaired) electrons. The molecule has 2 saturated carbocycles. The van der Waals surface area contributed by atoms with E-state index in [2.05, 4.69) is 5.32 Å². The SMILES string of the molecule is O=C1CN(CC2CCCC2)C(=O)C(C2CC2)N1. The predicted octanol–water partition coefficient (Wildman–Crippen LogP) is 0.914. The van der Waals surface area contributed by atoms with Crippen molar-refractivity contribution in [2.75, 3.05) is 13.1 Å². The van der Waals surface area contributed by atoms with E-state index in [1.54, 1.807) is 4.90 Å². The van der Waals surface area contributed by atoms with Crippen LogP contribution in [-0.2, 0) is 9.59 Å². The van der Waals surface area contributed by atoms with Crippen molar-refractivity contribution in [1.82, 2.24) is 10.2 Å². The van der Waals surface area contributed by atoms with Gasteiger partial charge in [-0.2, -0.15) is 0 Å². The standard InChI is InChI=1S/C13H20N2O2/c16-11-8-15(7-9-3-1-2-4-9)13(17)12(14-11)10-5-6-10/h9-10,12H,1-8H2,(H,14,16). The first kappa shape index (κ1) is 11.1. The average molecular weight is 236 g/mol. The maximum absolute atomic E-state index is 12.3. The molecular weight excluding hydrogens is 216 g/mol. The smallest absolute Gasteiger partial charge is 0.245 e. The van der Waals surface area contributed by atoms with Gasteiger partial charge >= 0.3 is 0 Å². The lowest BCUT2D eigenvalue weighted by Gasteiger charge is -2.34. The number of nitrogens with one attached hydrogen (secondary N) is 1. The van der Waals surface area contributed by atoms with Crippen molar-refractivity contribution in [1.29, 1.82) is 0 Å². The highest BCUT2D eigenvalue weighted by Crippen LogP contribution is 2.35. The molecule has 4 nitrogen and oxygen atoms in total. The maximum atomic E-state index is 12.3. The Morgan fingerprint density at radius 1 is 1.12 bits per heavy atom. The monoisotopic (exact) mass is 236 g/mol. The number of nitrogens with zero attached hydrogens (tertiary/aromatic N) is 1. The van der Waals surface area contributed by atoms with Gasteiger partial charge < -0.3 is 10.2 Å². The lowest BCUT2D eigenvalue weighted by Crippen LogP contribution is -2.59. The Bertz CT molecular complexity index is 332. The van der Waals surface area contributed by atoms with Gasteiger partial charge in [-0.05, 0) is 37.5 Å². The second-order valence-electron chi connectivity index (χ2n) is 5.75. The molecule has 0 bridgehead atoms. The van der Waals surface area contributed by atoms with Crippen LogP contribution in [0.2, 0.25) is 0 Å². The fourth-order valence-corrected chi connectivity index (χ4v) is 3.14. The molecule has 3 fully saturated rings. The van der Waals surface area contributed by atoms with Gasteiger partial charge in [0, 0.05) is 6.54 Å². The Balaban J connectivity index is 1.64. The first-order valence-electron chi connectivity index (χ1n) is 6.82. The first-order valence-corrected chi connectivity index (χ1v) is 6.82. The number of amides is 2. The van der Waals surface area contributed by atoms with Gasteiger partial charge in [0.05, 0.1) is 6.54 Å². The summed E-state index contributed by atoms with van der Waals surface area (Å²) in [6, 6.07) is -0.211. The van der Waals surface area contributed by atoms with Crippen LogP contribution in [0.15, 0.2) is 0 Å². The number of hydrogen-bond donors (Lipinski definition) is 1. The van der Waals surface area contributed by atoms with E-state index in [1.165, 1.54) is 25.7 Å². The molecule has 2 aliphatic carbocycles. The van der Waals surface area contributed by atoms with Crippen LogP contribution in [0.5, 0.6) is 0 Å². The molecule has 1 heterocycles. The minimum absolute atomic E-state index is 0.0273. The van der Waals surface area contributed by atoms with Crippen molar-refractivity contribution >= 4 is 11.8 Å². The molecule has 1 saturated heterocycles. The van der Waals surface area contributed by atoms with Gasteiger partial charge in [-0.25, -0.2) is 0 Å². The van der Waals surface area contributed by atoms with Crippen molar-refractivity contribution in [2.24, 2.45) is 11.8 Å². The summed E-state index contributed by atoms with van der Waals surface area (Å²) in [5.41, 5.74) is 0. The third-order valence-corrected chi connectivity index (χ3v) is 4.28. The van der Waals surface area contributed by atoms with Gasteiger partial charge in [0.2, 0.25) is 11.8 Å². The molecule has 0 aromatic heterocycles. The maximum Gasteiger partial charge on any atom is 0.245 e. The molecule has 0 aromatic rings. The quantitative estimate of drug-likeness (QED) is 0.792. The van der Waals surface area contributed by atoms with Gasteiger partial charge in [0.25, 0.3) is 0 Å². The molecule has 0 aromatic carbocycles. The molecular formula is C13H20N2O2. The summed E-state index contributed by atoms with van der Waals surface area (Å²) in [5, 5.41) is 2.85. The van der Waals surface area contributed by atoms with E-state index in [0.29, 0.717) is 11.8 Å². The minimum Gasteiger partial charge on any atom is -0.342 e. The van der Waals surface area contributed by atoms with Gasteiger partial charge in [0.1, 0.15) is 6.04 Å². The summed E-state index contributed by atoms with van der Waals surface area (Å²) < 4.78 is 0. The number of carbonyl (C=O) groups excluding carboxylic acids is 2. The van der Waals surface area contributed by atoms with E-state index in [-0.39, 0.29) is 24.4 Å². The molecule has 4 heteroatoms.